The number of nitrogens with zero attached hydrogens (tertiary/aromatic N) is 2. The molecule has 76 valence electrons. The molecule has 2 aromatic rings. The highest BCUT2D eigenvalue weighted by molar-refractivity contribution is 5.75. The van der Waals surface area contributed by atoms with Crippen LogP contribution in [0.15, 0.2) is 30.7 Å². The van der Waals surface area contributed by atoms with Gasteiger partial charge in [-0.3, -0.25) is 0 Å². The molecule has 2 N–H and O–H groups in total. The van der Waals surface area contributed by atoms with Gasteiger partial charge in [0.1, 0.15) is 6.61 Å². The maximum absolute atomic E-state index is 5.88. The molecule has 0 unspecified atom stereocenters. The Morgan fingerprint density at radius 3 is 3.27 bits per heavy atom. The number of aromatic nitrogens is 2. The molecule has 3 rings (SSSR count). The van der Waals surface area contributed by atoms with E-state index in [-0.39, 0.29) is 0 Å². The Bertz CT molecular complexity index is 504. The number of benzene rings is 1. The Labute approximate surface area is 87.3 Å². The second-order valence-electron chi connectivity index (χ2n) is 3.54. The fourth-order valence-corrected chi connectivity index (χ4v) is 1.89. The SMILES string of the molecule is Nc1cccc2c1OCCn1cncc1-2. The topological polar surface area (TPSA) is 53.1 Å². The zero-order valence-electron chi connectivity index (χ0n) is 8.18. The fourth-order valence-electron chi connectivity index (χ4n) is 1.89. The zero-order chi connectivity index (χ0) is 10.3. The zero-order valence-corrected chi connectivity index (χ0v) is 8.18. The van der Waals surface area contributed by atoms with Crippen LogP contribution in [0.2, 0.25) is 0 Å². The monoisotopic (exact) mass is 201 g/mol. The maximum Gasteiger partial charge on any atom is 0.151 e. The number of para-hydroxylation sites is 1. The quantitative estimate of drug-likeness (QED) is 0.657. The summed E-state index contributed by atoms with van der Waals surface area (Å²) in [5.74, 6) is 0.775. The smallest absolute Gasteiger partial charge is 0.151 e. The molecule has 15 heavy (non-hydrogen) atoms. The summed E-state index contributed by atoms with van der Waals surface area (Å²) >= 11 is 0. The van der Waals surface area contributed by atoms with Crippen LogP contribution in [-0.2, 0) is 6.54 Å². The van der Waals surface area contributed by atoms with Gasteiger partial charge in [-0.1, -0.05) is 6.07 Å². The molecule has 1 aliphatic heterocycles. The minimum atomic E-state index is 0.630. The average Bonchev–Trinajstić information content (AvgIpc) is 2.62. The molecule has 0 radical (unpaired) electrons. The number of hydrogen-bond acceptors (Lipinski definition) is 3. The van der Waals surface area contributed by atoms with Gasteiger partial charge in [-0.25, -0.2) is 4.98 Å². The van der Waals surface area contributed by atoms with Crippen LogP contribution >= 0.6 is 0 Å². The van der Waals surface area contributed by atoms with Crippen LogP contribution in [0.1, 0.15) is 0 Å². The lowest BCUT2D eigenvalue weighted by Gasteiger charge is -2.08. The van der Waals surface area contributed by atoms with E-state index in [2.05, 4.69) is 9.55 Å². The van der Waals surface area contributed by atoms with E-state index in [4.69, 9.17) is 10.5 Å². The number of hydrogen-bond donors (Lipinski definition) is 1. The third-order valence-electron chi connectivity index (χ3n) is 2.61. The molecule has 0 atom stereocenters. The molecule has 0 fully saturated rings. The summed E-state index contributed by atoms with van der Waals surface area (Å²) in [6.45, 7) is 1.44. The van der Waals surface area contributed by atoms with Crippen LogP contribution in [0.25, 0.3) is 11.3 Å². The standard InChI is InChI=1S/C11H11N3O/c12-9-3-1-2-8-10-6-13-7-14(10)4-5-15-11(8)9/h1-3,6-7H,4-5,12H2. The van der Waals surface area contributed by atoms with Crippen molar-refractivity contribution in [3.05, 3.63) is 30.7 Å². The van der Waals surface area contributed by atoms with Crippen molar-refractivity contribution in [2.45, 2.75) is 6.54 Å². The molecular weight excluding hydrogens is 190 g/mol. The van der Waals surface area contributed by atoms with Crippen molar-refractivity contribution in [2.24, 2.45) is 0 Å². The van der Waals surface area contributed by atoms with Crippen molar-refractivity contribution in [2.75, 3.05) is 12.3 Å². The van der Waals surface area contributed by atoms with Crippen molar-refractivity contribution in [1.82, 2.24) is 9.55 Å². The third kappa shape index (κ3) is 1.18. The third-order valence-corrected chi connectivity index (χ3v) is 2.61. The lowest BCUT2D eigenvalue weighted by atomic mass is 10.1. The van der Waals surface area contributed by atoms with Crippen LogP contribution in [0, 0.1) is 0 Å². The number of anilines is 1. The Morgan fingerprint density at radius 2 is 2.33 bits per heavy atom. The summed E-state index contributed by atoms with van der Waals surface area (Å²) in [6, 6.07) is 5.79. The van der Waals surface area contributed by atoms with Crippen molar-refractivity contribution in [1.29, 1.82) is 0 Å². The van der Waals surface area contributed by atoms with Gasteiger partial charge >= 0.3 is 0 Å². The largest absolute Gasteiger partial charge is 0.489 e. The molecule has 1 aromatic carbocycles. The maximum atomic E-state index is 5.88. The molecule has 0 aliphatic carbocycles. The lowest BCUT2D eigenvalue weighted by molar-refractivity contribution is 0.308. The van der Waals surface area contributed by atoms with Gasteiger partial charge in [0, 0.05) is 5.56 Å². The summed E-state index contributed by atoms with van der Waals surface area (Å²) in [5.41, 5.74) is 8.65. The van der Waals surface area contributed by atoms with Gasteiger partial charge in [0.2, 0.25) is 0 Å². The van der Waals surface area contributed by atoms with E-state index in [9.17, 15) is 0 Å². The minimum absolute atomic E-state index is 0.630. The number of fused-ring (bicyclic) bond motifs is 3. The predicted molar refractivity (Wildman–Crippen MR) is 57.6 cm³/mol. The number of imidazole rings is 1. The first-order valence-electron chi connectivity index (χ1n) is 4.88. The number of rotatable bonds is 0. The van der Waals surface area contributed by atoms with Crippen LogP contribution in [0.4, 0.5) is 5.69 Å². The molecular formula is C11H11N3O. The minimum Gasteiger partial charge on any atom is -0.489 e. The van der Waals surface area contributed by atoms with E-state index in [1.165, 1.54) is 0 Å². The molecule has 2 heterocycles. The first-order chi connectivity index (χ1) is 7.36. The molecule has 4 heteroatoms. The highest BCUT2D eigenvalue weighted by Crippen LogP contribution is 2.36. The molecule has 1 aromatic heterocycles. The molecule has 0 saturated heterocycles. The average molecular weight is 201 g/mol. The van der Waals surface area contributed by atoms with E-state index < -0.39 is 0 Å². The first-order valence-corrected chi connectivity index (χ1v) is 4.88. The highest BCUT2D eigenvalue weighted by Gasteiger charge is 2.16. The molecule has 4 nitrogen and oxygen atoms in total. The first kappa shape index (κ1) is 8.35. The van der Waals surface area contributed by atoms with Gasteiger partial charge in [0.25, 0.3) is 0 Å². The van der Waals surface area contributed by atoms with Gasteiger partial charge < -0.3 is 15.0 Å². The summed E-state index contributed by atoms with van der Waals surface area (Å²) in [7, 11) is 0. The van der Waals surface area contributed by atoms with Gasteiger partial charge in [0.05, 0.1) is 30.5 Å². The van der Waals surface area contributed by atoms with Gasteiger partial charge in [-0.2, -0.15) is 0 Å². The highest BCUT2D eigenvalue weighted by atomic mass is 16.5. The van der Waals surface area contributed by atoms with Crippen molar-refractivity contribution in [3.63, 3.8) is 0 Å². The van der Waals surface area contributed by atoms with E-state index in [1.807, 2.05) is 30.7 Å². The van der Waals surface area contributed by atoms with Gasteiger partial charge in [-0.15, -0.1) is 0 Å². The summed E-state index contributed by atoms with van der Waals surface area (Å²) in [4.78, 5) is 4.14. The molecule has 1 aliphatic rings. The van der Waals surface area contributed by atoms with Crippen LogP contribution in [0.3, 0.4) is 0 Å². The molecule has 0 amide bonds. The summed E-state index contributed by atoms with van der Waals surface area (Å²) < 4.78 is 7.72. The van der Waals surface area contributed by atoms with Crippen molar-refractivity contribution in [3.8, 4) is 17.0 Å². The normalized spacial score (nSPS) is 13.6. The second-order valence-corrected chi connectivity index (χ2v) is 3.54. The Balaban J connectivity index is 2.29. The fraction of sp³-hybridized carbons (Fsp3) is 0.182. The molecule has 0 bridgehead atoms. The Kier molecular flexibility index (Phi) is 1.68. The van der Waals surface area contributed by atoms with Gasteiger partial charge in [-0.05, 0) is 12.1 Å². The van der Waals surface area contributed by atoms with Crippen LogP contribution in [-0.4, -0.2) is 16.2 Å². The Morgan fingerprint density at radius 1 is 1.40 bits per heavy atom. The number of nitrogen functional groups attached to an aromatic ring is 1. The molecule has 0 spiro atoms. The van der Waals surface area contributed by atoms with Gasteiger partial charge in [0.15, 0.2) is 5.75 Å². The van der Waals surface area contributed by atoms with E-state index in [0.717, 1.165) is 23.6 Å². The second kappa shape index (κ2) is 3.02. The molecule has 0 saturated carbocycles. The van der Waals surface area contributed by atoms with Crippen molar-refractivity contribution >= 4 is 5.69 Å². The predicted octanol–water partition coefficient (Wildman–Crippen LogP) is 1.52. The summed E-state index contributed by atoms with van der Waals surface area (Å²) in [5, 5.41) is 0. The van der Waals surface area contributed by atoms with E-state index >= 15 is 0 Å². The Hall–Kier alpha value is -1.97. The van der Waals surface area contributed by atoms with Crippen molar-refractivity contribution < 1.29 is 4.74 Å². The van der Waals surface area contributed by atoms with E-state index in [0.29, 0.717) is 12.3 Å². The van der Waals surface area contributed by atoms with Crippen LogP contribution < -0.4 is 10.5 Å². The summed E-state index contributed by atoms with van der Waals surface area (Å²) in [6.07, 6.45) is 3.66. The number of nitrogens with two attached hydrogens (primary N) is 1. The lowest BCUT2D eigenvalue weighted by Crippen LogP contribution is -2.04. The van der Waals surface area contributed by atoms with Crippen LogP contribution in [0.5, 0.6) is 5.75 Å². The van der Waals surface area contributed by atoms with E-state index in [1.54, 1.807) is 0 Å². The number of ether oxygens (including phenoxy) is 1.